The molecule has 116 valence electrons. The van der Waals surface area contributed by atoms with Gasteiger partial charge in [-0.05, 0) is 62.4 Å². The van der Waals surface area contributed by atoms with E-state index in [2.05, 4.69) is 5.32 Å². The molecule has 0 aromatic heterocycles. The molecule has 0 heterocycles. The number of amides is 1. The Balaban J connectivity index is 1.82. The highest BCUT2D eigenvalue weighted by Crippen LogP contribution is 2.17. The largest absolute Gasteiger partial charge is 0.491 e. The zero-order chi connectivity index (χ0) is 15.9. The van der Waals surface area contributed by atoms with Crippen LogP contribution in [0.4, 0.5) is 5.69 Å². The van der Waals surface area contributed by atoms with Crippen molar-refractivity contribution in [2.24, 2.45) is 0 Å². The molecule has 2 aromatic carbocycles. The molecule has 0 unspecified atom stereocenters. The standard InChI is InChI=1S/C17H18ClNO3/c1-12(2)22-16-9-5-14(6-10-16)19-17(20)11-21-15-7-3-13(18)4-8-15/h3-10,12H,11H2,1-2H3,(H,19,20). The van der Waals surface area contributed by atoms with Gasteiger partial charge >= 0.3 is 0 Å². The van der Waals surface area contributed by atoms with Gasteiger partial charge in [0, 0.05) is 10.7 Å². The van der Waals surface area contributed by atoms with Gasteiger partial charge in [-0.25, -0.2) is 0 Å². The molecule has 0 fully saturated rings. The molecule has 2 aromatic rings. The summed E-state index contributed by atoms with van der Waals surface area (Å²) >= 11 is 5.78. The first-order valence-corrected chi connectivity index (χ1v) is 7.35. The molecule has 0 atom stereocenters. The van der Waals surface area contributed by atoms with Crippen LogP contribution in [0.2, 0.25) is 5.02 Å². The number of halogens is 1. The molecule has 4 nitrogen and oxygen atoms in total. The second-order valence-corrected chi connectivity index (χ2v) is 5.42. The molecule has 22 heavy (non-hydrogen) atoms. The lowest BCUT2D eigenvalue weighted by Gasteiger charge is -2.11. The summed E-state index contributed by atoms with van der Waals surface area (Å²) in [4.78, 5) is 11.8. The van der Waals surface area contributed by atoms with E-state index in [0.29, 0.717) is 16.5 Å². The van der Waals surface area contributed by atoms with Crippen molar-refractivity contribution in [2.45, 2.75) is 20.0 Å². The van der Waals surface area contributed by atoms with E-state index in [9.17, 15) is 4.79 Å². The number of hydrogen-bond acceptors (Lipinski definition) is 3. The van der Waals surface area contributed by atoms with Crippen LogP contribution in [0.1, 0.15) is 13.8 Å². The maximum Gasteiger partial charge on any atom is 0.262 e. The van der Waals surface area contributed by atoms with Crippen LogP contribution in [0.5, 0.6) is 11.5 Å². The van der Waals surface area contributed by atoms with Gasteiger partial charge in [0.15, 0.2) is 6.61 Å². The zero-order valence-electron chi connectivity index (χ0n) is 12.5. The van der Waals surface area contributed by atoms with Crippen molar-refractivity contribution in [2.75, 3.05) is 11.9 Å². The molecule has 0 aliphatic carbocycles. The third-order valence-corrected chi connectivity index (χ3v) is 2.95. The minimum atomic E-state index is -0.229. The summed E-state index contributed by atoms with van der Waals surface area (Å²) in [5, 5.41) is 3.38. The normalized spacial score (nSPS) is 10.4. The van der Waals surface area contributed by atoms with Gasteiger partial charge in [-0.15, -0.1) is 0 Å². The quantitative estimate of drug-likeness (QED) is 0.870. The second-order valence-electron chi connectivity index (χ2n) is 4.98. The Hall–Kier alpha value is -2.20. The van der Waals surface area contributed by atoms with Crippen LogP contribution < -0.4 is 14.8 Å². The SMILES string of the molecule is CC(C)Oc1ccc(NC(=O)COc2ccc(Cl)cc2)cc1. The lowest BCUT2D eigenvalue weighted by Crippen LogP contribution is -2.20. The number of anilines is 1. The highest BCUT2D eigenvalue weighted by Gasteiger charge is 2.04. The van der Waals surface area contributed by atoms with Crippen molar-refractivity contribution in [3.8, 4) is 11.5 Å². The monoisotopic (exact) mass is 319 g/mol. The average molecular weight is 320 g/mol. The smallest absolute Gasteiger partial charge is 0.262 e. The predicted molar refractivity (Wildman–Crippen MR) is 87.8 cm³/mol. The summed E-state index contributed by atoms with van der Waals surface area (Å²) in [6.45, 7) is 3.86. The van der Waals surface area contributed by atoms with Crippen LogP contribution in [0.15, 0.2) is 48.5 Å². The number of carbonyl (C=O) groups is 1. The van der Waals surface area contributed by atoms with Crippen molar-refractivity contribution >= 4 is 23.2 Å². The fourth-order valence-corrected chi connectivity index (χ4v) is 1.89. The molecule has 1 N–H and O–H groups in total. The lowest BCUT2D eigenvalue weighted by molar-refractivity contribution is -0.118. The molecule has 0 aliphatic heterocycles. The number of benzene rings is 2. The molecule has 0 saturated carbocycles. The molecule has 0 aliphatic rings. The zero-order valence-corrected chi connectivity index (χ0v) is 13.3. The molecule has 0 bridgehead atoms. The van der Waals surface area contributed by atoms with Gasteiger partial charge in [-0.3, -0.25) is 4.79 Å². The van der Waals surface area contributed by atoms with Crippen LogP contribution in [-0.4, -0.2) is 18.6 Å². The summed E-state index contributed by atoms with van der Waals surface area (Å²) in [5.41, 5.74) is 0.695. The predicted octanol–water partition coefficient (Wildman–Crippen LogP) is 4.14. The van der Waals surface area contributed by atoms with Gasteiger partial charge in [0.05, 0.1) is 6.10 Å². The van der Waals surface area contributed by atoms with Crippen molar-refractivity contribution in [1.29, 1.82) is 0 Å². The molecule has 0 spiro atoms. The molecular weight excluding hydrogens is 302 g/mol. The van der Waals surface area contributed by atoms with Crippen LogP contribution in [-0.2, 0) is 4.79 Å². The highest BCUT2D eigenvalue weighted by molar-refractivity contribution is 6.30. The van der Waals surface area contributed by atoms with Crippen molar-refractivity contribution in [3.63, 3.8) is 0 Å². The first kappa shape index (κ1) is 16.2. The maximum atomic E-state index is 11.8. The Morgan fingerprint density at radius 2 is 1.64 bits per heavy atom. The molecular formula is C17H18ClNO3. The third kappa shape index (κ3) is 5.30. The van der Waals surface area contributed by atoms with E-state index >= 15 is 0 Å². The van der Waals surface area contributed by atoms with Crippen molar-refractivity contribution in [3.05, 3.63) is 53.6 Å². The second kappa shape index (κ2) is 7.71. The molecule has 1 amide bonds. The van der Waals surface area contributed by atoms with Gasteiger partial charge in [0.2, 0.25) is 0 Å². The Kier molecular flexibility index (Phi) is 5.67. The van der Waals surface area contributed by atoms with Gasteiger partial charge in [0.1, 0.15) is 11.5 Å². The fraction of sp³-hybridized carbons (Fsp3) is 0.235. The van der Waals surface area contributed by atoms with Gasteiger partial charge in [-0.2, -0.15) is 0 Å². The Labute approximate surface area is 135 Å². The minimum Gasteiger partial charge on any atom is -0.491 e. The number of carbonyl (C=O) groups excluding carboxylic acids is 1. The van der Waals surface area contributed by atoms with E-state index in [1.54, 1.807) is 36.4 Å². The van der Waals surface area contributed by atoms with Crippen molar-refractivity contribution < 1.29 is 14.3 Å². The number of rotatable bonds is 6. The first-order chi connectivity index (χ1) is 10.5. The Morgan fingerprint density at radius 3 is 2.23 bits per heavy atom. The van der Waals surface area contributed by atoms with Gasteiger partial charge < -0.3 is 14.8 Å². The molecule has 5 heteroatoms. The number of nitrogens with one attached hydrogen (secondary N) is 1. The maximum absolute atomic E-state index is 11.8. The van der Waals surface area contributed by atoms with E-state index in [1.165, 1.54) is 0 Å². The minimum absolute atomic E-state index is 0.0636. The van der Waals surface area contributed by atoms with Crippen LogP contribution in [0.3, 0.4) is 0 Å². The summed E-state index contributed by atoms with van der Waals surface area (Å²) in [6, 6.07) is 14.1. The topological polar surface area (TPSA) is 47.6 Å². The summed E-state index contributed by atoms with van der Waals surface area (Å²) in [7, 11) is 0. The summed E-state index contributed by atoms with van der Waals surface area (Å²) in [6.07, 6.45) is 0.119. The van der Waals surface area contributed by atoms with E-state index in [-0.39, 0.29) is 18.6 Å². The van der Waals surface area contributed by atoms with Gasteiger partial charge in [-0.1, -0.05) is 11.6 Å². The molecule has 2 rings (SSSR count). The van der Waals surface area contributed by atoms with Crippen LogP contribution in [0.25, 0.3) is 0 Å². The molecule has 0 radical (unpaired) electrons. The molecule has 0 saturated heterocycles. The Morgan fingerprint density at radius 1 is 1.05 bits per heavy atom. The number of ether oxygens (including phenoxy) is 2. The fourth-order valence-electron chi connectivity index (χ4n) is 1.77. The summed E-state index contributed by atoms with van der Waals surface area (Å²) in [5.74, 6) is 1.14. The van der Waals surface area contributed by atoms with Crippen molar-refractivity contribution in [1.82, 2.24) is 0 Å². The average Bonchev–Trinajstić information content (AvgIpc) is 2.48. The number of hydrogen-bond donors (Lipinski definition) is 1. The van der Waals surface area contributed by atoms with Crippen LogP contribution in [0, 0.1) is 0 Å². The van der Waals surface area contributed by atoms with Crippen LogP contribution >= 0.6 is 11.6 Å². The van der Waals surface area contributed by atoms with E-state index in [1.807, 2.05) is 26.0 Å². The van der Waals surface area contributed by atoms with Gasteiger partial charge in [0.25, 0.3) is 5.91 Å². The van der Waals surface area contributed by atoms with E-state index < -0.39 is 0 Å². The highest BCUT2D eigenvalue weighted by atomic mass is 35.5. The first-order valence-electron chi connectivity index (χ1n) is 6.98. The lowest BCUT2D eigenvalue weighted by atomic mass is 10.3. The Bertz CT molecular complexity index is 609. The van der Waals surface area contributed by atoms with E-state index in [0.717, 1.165) is 5.75 Å². The third-order valence-electron chi connectivity index (χ3n) is 2.69. The van der Waals surface area contributed by atoms with E-state index in [4.69, 9.17) is 21.1 Å². The summed E-state index contributed by atoms with van der Waals surface area (Å²) < 4.78 is 10.9.